The number of para-hydroxylation sites is 4. The summed E-state index contributed by atoms with van der Waals surface area (Å²) in [4.78, 5) is 10.5. The quantitative estimate of drug-likeness (QED) is 0.152. The fourth-order valence-corrected chi connectivity index (χ4v) is 14.7. The van der Waals surface area contributed by atoms with Gasteiger partial charge in [0.05, 0.1) is 22.6 Å². The second-order valence-electron chi connectivity index (χ2n) is 24.1. The Kier molecular flexibility index (Phi) is 27.3. The highest BCUT2D eigenvalue weighted by molar-refractivity contribution is 9.11. The maximum absolute atomic E-state index is 4.30. The SMILES string of the molecule is Brc1ccccc1-n1ccc2ccccc21.Brc1ccccc1-n1cccc1.Brc1cccnc1-c1ccccc1.Brc1ccncc1-c1ccccc1.CN(C)c1ccc(-c2ccccc2Br)cc1.Cc1ccccc1C1=Cc2ccccc2C1.Cn1cc(-c2ccccc2Br)c2ccccc21. The monoisotopic (exact) mass is 1720 g/mol. The van der Waals surface area contributed by atoms with Crippen LogP contribution in [0.1, 0.15) is 22.3 Å². The highest BCUT2D eigenvalue weighted by Gasteiger charge is 2.15. The van der Waals surface area contributed by atoms with Crippen LogP contribution in [0, 0.1) is 6.92 Å². The van der Waals surface area contributed by atoms with Crippen molar-refractivity contribution in [1.82, 2.24) is 23.7 Å². The molecule has 510 valence electrons. The molecule has 0 unspecified atom stereocenters. The maximum Gasteiger partial charge on any atom is 0.0843 e. The molecular weight excluding hydrogens is 1660 g/mol. The summed E-state index contributed by atoms with van der Waals surface area (Å²) in [5.74, 6) is 0. The lowest BCUT2D eigenvalue weighted by atomic mass is 9.99. The van der Waals surface area contributed by atoms with Crippen LogP contribution in [0.3, 0.4) is 0 Å². The van der Waals surface area contributed by atoms with Crippen molar-refractivity contribution in [3.63, 3.8) is 0 Å². The zero-order valence-corrected chi connectivity index (χ0v) is 66.8. The first-order valence-electron chi connectivity index (χ1n) is 33.4. The van der Waals surface area contributed by atoms with Gasteiger partial charge < -0.3 is 18.6 Å². The topological polar surface area (TPSA) is 43.8 Å². The number of hydrogen-bond acceptors (Lipinski definition) is 3. The highest BCUT2D eigenvalue weighted by Crippen LogP contribution is 2.37. The Bertz CT molecular complexity index is 5320. The number of pyridine rings is 2. The highest BCUT2D eigenvalue weighted by atomic mass is 79.9. The molecule has 0 atom stereocenters. The number of fused-ring (bicyclic) bond motifs is 3. The summed E-state index contributed by atoms with van der Waals surface area (Å²) in [5.41, 5.74) is 22.5. The molecule has 1 aliphatic carbocycles. The standard InChI is InChI=1S/C16H14.C15H12BrN.C14H10BrN.C14H14BrN.2C11H8BrN.C10H8BrN/c1-12-6-2-5-9-16(12)15-10-13-7-3-4-8-14(13)11-15;1-17-10-13(11-6-2-4-8-14(11)16)12-7-3-5-9-15(12)17;15-12-6-2-4-8-14(12)16-10-9-11-5-1-3-7-13(11)16;1-16(2)12-9-7-11(8-10-12)13-5-3-4-6-14(13)15;12-10-7-4-8-13-11(10)9-5-2-1-3-6-9;12-11-6-7-13-8-10(11)9-4-2-1-3-5-9;11-9-5-1-2-6-10(9)12-7-3-4-8-12/h2-10H,11H2,1H3;2-10H,1H3;1-10H;3-10H,1-2H3;2*1-8H;1-8H. The molecule has 6 nitrogen and oxygen atoms in total. The molecule has 16 aromatic rings. The normalized spacial score (nSPS) is 10.8. The summed E-state index contributed by atoms with van der Waals surface area (Å²) >= 11 is 21.2. The number of nitrogens with zero attached hydrogens (tertiary/aromatic N) is 6. The van der Waals surface area contributed by atoms with Crippen molar-refractivity contribution in [3.05, 3.63) is 408 Å². The van der Waals surface area contributed by atoms with E-state index in [0.29, 0.717) is 0 Å². The first kappa shape index (κ1) is 74.7. The Balaban J connectivity index is 0.000000121. The second kappa shape index (κ2) is 37.6. The lowest BCUT2D eigenvalue weighted by Crippen LogP contribution is -2.07. The summed E-state index contributed by atoms with van der Waals surface area (Å²) in [6.07, 6.45) is 17.2. The van der Waals surface area contributed by atoms with E-state index in [4.69, 9.17) is 0 Å². The van der Waals surface area contributed by atoms with Gasteiger partial charge in [-0.2, -0.15) is 0 Å². The molecule has 0 spiro atoms. The fraction of sp³-hybridized carbons (Fsp3) is 0.0549. The van der Waals surface area contributed by atoms with E-state index < -0.39 is 0 Å². The van der Waals surface area contributed by atoms with Crippen molar-refractivity contribution in [1.29, 1.82) is 0 Å². The minimum absolute atomic E-state index is 0.989. The van der Waals surface area contributed by atoms with Crippen LogP contribution in [-0.2, 0) is 13.5 Å². The van der Waals surface area contributed by atoms with Gasteiger partial charge in [-0.3, -0.25) is 9.97 Å². The van der Waals surface area contributed by atoms with Gasteiger partial charge in [0, 0.05) is 125 Å². The van der Waals surface area contributed by atoms with Crippen LogP contribution in [0.4, 0.5) is 5.69 Å². The maximum atomic E-state index is 4.30. The predicted octanol–water partition coefficient (Wildman–Crippen LogP) is 27.5. The first-order chi connectivity index (χ1) is 50.3. The van der Waals surface area contributed by atoms with Crippen molar-refractivity contribution in [2.75, 3.05) is 19.0 Å². The molecule has 0 N–H and O–H groups in total. The number of anilines is 1. The largest absolute Gasteiger partial charge is 0.378 e. The van der Waals surface area contributed by atoms with Gasteiger partial charge in [0.15, 0.2) is 0 Å². The first-order valence-corrected chi connectivity index (χ1v) is 38.2. The van der Waals surface area contributed by atoms with Crippen LogP contribution in [0.2, 0.25) is 0 Å². The molecule has 0 amide bonds. The number of aryl methyl sites for hydroxylation is 2. The molecule has 0 saturated carbocycles. The summed E-state index contributed by atoms with van der Waals surface area (Å²) < 4.78 is 13.0. The van der Waals surface area contributed by atoms with E-state index >= 15 is 0 Å². The zero-order chi connectivity index (χ0) is 71.9. The van der Waals surface area contributed by atoms with Gasteiger partial charge in [-0.1, -0.05) is 272 Å². The van der Waals surface area contributed by atoms with Crippen molar-refractivity contribution in [2.24, 2.45) is 7.05 Å². The minimum atomic E-state index is 0.989. The average molecular weight is 1730 g/mol. The predicted molar refractivity (Wildman–Crippen MR) is 458 cm³/mol. The minimum Gasteiger partial charge on any atom is -0.378 e. The summed E-state index contributed by atoms with van der Waals surface area (Å²) in [6, 6.07) is 108. The molecule has 0 bridgehead atoms. The van der Waals surface area contributed by atoms with Gasteiger partial charge >= 0.3 is 0 Å². The van der Waals surface area contributed by atoms with E-state index in [1.54, 1.807) is 12.4 Å². The Labute approximate surface area is 655 Å². The number of halogens is 6. The number of rotatable bonds is 8. The lowest BCUT2D eigenvalue weighted by molar-refractivity contribution is 0.970. The summed E-state index contributed by atoms with van der Waals surface area (Å²) in [5, 5.41) is 2.56. The fourth-order valence-electron chi connectivity index (χ4n) is 11.8. The molecule has 0 saturated heterocycles. The number of benzene rings is 11. The van der Waals surface area contributed by atoms with E-state index in [-0.39, 0.29) is 0 Å². The van der Waals surface area contributed by atoms with Gasteiger partial charge in [0.25, 0.3) is 0 Å². The van der Waals surface area contributed by atoms with Gasteiger partial charge in [-0.05, 0) is 214 Å². The van der Waals surface area contributed by atoms with Crippen LogP contribution in [0.15, 0.2) is 386 Å². The van der Waals surface area contributed by atoms with E-state index in [1.165, 1.54) is 94.5 Å². The van der Waals surface area contributed by atoms with Crippen LogP contribution in [0.5, 0.6) is 0 Å². The average Bonchev–Trinajstić information content (AvgIpc) is 1.65. The number of hydrogen-bond donors (Lipinski definition) is 0. The van der Waals surface area contributed by atoms with Crippen molar-refractivity contribution in [2.45, 2.75) is 13.3 Å². The molecule has 0 fully saturated rings. The molecule has 17 rings (SSSR count). The van der Waals surface area contributed by atoms with Gasteiger partial charge in [-0.25, -0.2) is 0 Å². The molecule has 0 aliphatic heterocycles. The number of aromatic nitrogens is 5. The van der Waals surface area contributed by atoms with Crippen molar-refractivity contribution < 1.29 is 0 Å². The van der Waals surface area contributed by atoms with Crippen LogP contribution >= 0.6 is 95.6 Å². The van der Waals surface area contributed by atoms with E-state index in [2.05, 4.69) is 357 Å². The Morgan fingerprint density at radius 1 is 0.379 bits per heavy atom. The molecule has 12 heteroatoms. The molecular formula is C91H74Br6N6. The Morgan fingerprint density at radius 2 is 0.903 bits per heavy atom. The van der Waals surface area contributed by atoms with Crippen LogP contribution in [-0.4, -0.2) is 37.8 Å². The molecule has 5 heterocycles. The summed E-state index contributed by atoms with van der Waals surface area (Å²) in [6.45, 7) is 2.18. The smallest absolute Gasteiger partial charge is 0.0843 e. The molecule has 1 aliphatic rings. The van der Waals surface area contributed by atoms with Crippen LogP contribution in [0.25, 0.3) is 89.5 Å². The van der Waals surface area contributed by atoms with Gasteiger partial charge in [-0.15, -0.1) is 0 Å². The third kappa shape index (κ3) is 20.0. The third-order valence-electron chi connectivity index (χ3n) is 17.0. The molecule has 0 radical (unpaired) electrons. The summed E-state index contributed by atoms with van der Waals surface area (Å²) in [7, 11) is 6.18. The van der Waals surface area contributed by atoms with E-state index in [9.17, 15) is 0 Å². The van der Waals surface area contributed by atoms with Crippen LogP contribution < -0.4 is 4.90 Å². The Hall–Kier alpha value is -9.50. The van der Waals surface area contributed by atoms with Crippen molar-refractivity contribution >= 4 is 135 Å². The van der Waals surface area contributed by atoms with E-state index in [0.717, 1.165) is 50.1 Å². The van der Waals surface area contributed by atoms with Crippen molar-refractivity contribution in [3.8, 4) is 56.0 Å². The molecule has 11 aromatic carbocycles. The lowest BCUT2D eigenvalue weighted by Gasteiger charge is -2.13. The Morgan fingerprint density at radius 3 is 1.53 bits per heavy atom. The third-order valence-corrected chi connectivity index (χ3v) is 21.0. The van der Waals surface area contributed by atoms with Gasteiger partial charge in [0.2, 0.25) is 0 Å². The second-order valence-corrected chi connectivity index (χ2v) is 29.2. The van der Waals surface area contributed by atoms with Gasteiger partial charge in [0.1, 0.15) is 0 Å². The zero-order valence-electron chi connectivity index (χ0n) is 57.3. The van der Waals surface area contributed by atoms with E-state index in [1.807, 2.05) is 148 Å². The molecule has 103 heavy (non-hydrogen) atoms. The molecule has 5 aromatic heterocycles. The number of allylic oxidation sites excluding steroid dienone is 1.